The number of hydrogen-bond acceptors (Lipinski definition) is 4. The Kier molecular flexibility index (Phi) is 4.87. The Morgan fingerprint density at radius 3 is 3.00 bits per heavy atom. The van der Waals surface area contributed by atoms with Gasteiger partial charge in [-0.15, -0.1) is 0 Å². The van der Waals surface area contributed by atoms with Crippen LogP contribution in [0.3, 0.4) is 0 Å². The number of hydroxylamine groups is 1. The van der Waals surface area contributed by atoms with E-state index >= 15 is 0 Å². The Hall–Kier alpha value is -1.46. The molecule has 0 aliphatic carbocycles. The van der Waals surface area contributed by atoms with E-state index in [0.29, 0.717) is 36.3 Å². The number of rotatable bonds is 4. The zero-order chi connectivity index (χ0) is 13.7. The van der Waals surface area contributed by atoms with E-state index in [1.165, 1.54) is 0 Å². The van der Waals surface area contributed by atoms with Gasteiger partial charge >= 0.3 is 0 Å². The van der Waals surface area contributed by atoms with Gasteiger partial charge in [0.15, 0.2) is 11.5 Å². The number of benzene rings is 1. The van der Waals surface area contributed by atoms with Crippen LogP contribution in [0.1, 0.15) is 18.9 Å². The summed E-state index contributed by atoms with van der Waals surface area (Å²) in [6.45, 7) is 3.38. The van der Waals surface area contributed by atoms with E-state index in [9.17, 15) is 4.79 Å². The highest BCUT2D eigenvalue weighted by atomic mass is 35.5. The molecule has 0 radical (unpaired) electrons. The minimum absolute atomic E-state index is 0.177. The molecule has 1 amide bonds. The van der Waals surface area contributed by atoms with E-state index < -0.39 is 0 Å². The number of carbonyl (C=O) groups excluding carboxylic acids is 1. The van der Waals surface area contributed by atoms with Crippen LogP contribution in [0.5, 0.6) is 11.5 Å². The van der Waals surface area contributed by atoms with Crippen molar-refractivity contribution in [2.75, 3.05) is 19.8 Å². The Bertz CT molecular complexity index is 464. The average molecular weight is 286 g/mol. The normalized spacial score (nSPS) is 13.8. The van der Waals surface area contributed by atoms with Crippen molar-refractivity contribution in [3.8, 4) is 11.5 Å². The maximum absolute atomic E-state index is 11.6. The number of hydrogen-bond donors (Lipinski definition) is 1. The molecule has 0 saturated heterocycles. The standard InChI is InChI=1S/C13H16ClNO4/c1-2-19-15-12(16)8-9-6-10(14)13-11(7-9)17-4-3-5-18-13/h6-7H,2-5,8H2,1H3,(H,15,16). The van der Waals surface area contributed by atoms with Gasteiger partial charge in [-0.3, -0.25) is 9.63 Å². The van der Waals surface area contributed by atoms with Crippen LogP contribution in [0, 0.1) is 0 Å². The summed E-state index contributed by atoms with van der Waals surface area (Å²) in [4.78, 5) is 16.4. The van der Waals surface area contributed by atoms with Gasteiger partial charge in [-0.25, -0.2) is 5.48 Å². The van der Waals surface area contributed by atoms with Crippen molar-refractivity contribution in [1.29, 1.82) is 0 Å². The first kappa shape index (κ1) is 14.0. The summed E-state index contributed by atoms with van der Waals surface area (Å²) in [6, 6.07) is 3.48. The summed E-state index contributed by atoms with van der Waals surface area (Å²) in [5.41, 5.74) is 3.09. The summed E-state index contributed by atoms with van der Waals surface area (Å²) in [7, 11) is 0. The van der Waals surface area contributed by atoms with E-state index in [1.54, 1.807) is 19.1 Å². The molecule has 104 valence electrons. The fourth-order valence-electron chi connectivity index (χ4n) is 1.76. The molecular weight excluding hydrogens is 270 g/mol. The van der Waals surface area contributed by atoms with Crippen LogP contribution in [-0.2, 0) is 16.1 Å². The second kappa shape index (κ2) is 6.63. The summed E-state index contributed by atoms with van der Waals surface area (Å²) in [5, 5.41) is 0.457. The molecule has 5 nitrogen and oxygen atoms in total. The first-order valence-corrected chi connectivity index (χ1v) is 6.57. The zero-order valence-electron chi connectivity index (χ0n) is 10.7. The Morgan fingerprint density at radius 2 is 2.21 bits per heavy atom. The number of halogens is 1. The van der Waals surface area contributed by atoms with Gasteiger partial charge < -0.3 is 9.47 Å². The van der Waals surface area contributed by atoms with E-state index in [0.717, 1.165) is 12.0 Å². The highest BCUT2D eigenvalue weighted by molar-refractivity contribution is 6.32. The van der Waals surface area contributed by atoms with Gasteiger partial charge in [-0.2, -0.15) is 0 Å². The van der Waals surface area contributed by atoms with Crippen molar-refractivity contribution in [3.05, 3.63) is 22.7 Å². The van der Waals surface area contributed by atoms with Gasteiger partial charge in [-0.05, 0) is 24.6 Å². The summed E-state index contributed by atoms with van der Waals surface area (Å²) in [6.07, 6.45) is 0.988. The molecule has 0 spiro atoms. The van der Waals surface area contributed by atoms with Crippen molar-refractivity contribution in [2.45, 2.75) is 19.8 Å². The predicted molar refractivity (Wildman–Crippen MR) is 70.5 cm³/mol. The molecule has 6 heteroatoms. The van der Waals surface area contributed by atoms with Crippen molar-refractivity contribution in [2.24, 2.45) is 0 Å². The molecule has 2 rings (SSSR count). The lowest BCUT2D eigenvalue weighted by Crippen LogP contribution is -2.25. The SMILES string of the molecule is CCONC(=O)Cc1cc(Cl)c2c(c1)OCCCO2. The highest BCUT2D eigenvalue weighted by Gasteiger charge is 2.16. The third kappa shape index (κ3) is 3.75. The maximum atomic E-state index is 11.6. The Labute approximate surface area is 116 Å². The minimum atomic E-state index is -0.229. The minimum Gasteiger partial charge on any atom is -0.489 e. The fraction of sp³-hybridized carbons (Fsp3) is 0.462. The topological polar surface area (TPSA) is 56.8 Å². The molecule has 0 aromatic heterocycles. The number of amides is 1. The van der Waals surface area contributed by atoms with E-state index in [1.807, 2.05) is 0 Å². The lowest BCUT2D eigenvalue weighted by atomic mass is 10.1. The van der Waals surface area contributed by atoms with Gasteiger partial charge in [-0.1, -0.05) is 11.6 Å². The highest BCUT2D eigenvalue weighted by Crippen LogP contribution is 2.38. The van der Waals surface area contributed by atoms with E-state index in [4.69, 9.17) is 25.9 Å². The molecule has 0 atom stereocenters. The second-order valence-corrected chi connectivity index (χ2v) is 4.50. The largest absolute Gasteiger partial charge is 0.489 e. The Balaban J connectivity index is 2.12. The van der Waals surface area contributed by atoms with Crippen molar-refractivity contribution in [1.82, 2.24) is 5.48 Å². The monoisotopic (exact) mass is 285 g/mol. The Morgan fingerprint density at radius 1 is 1.42 bits per heavy atom. The van der Waals surface area contributed by atoms with Gasteiger partial charge in [0.05, 0.1) is 31.3 Å². The molecule has 0 unspecified atom stereocenters. The van der Waals surface area contributed by atoms with Crippen molar-refractivity contribution in [3.63, 3.8) is 0 Å². The lowest BCUT2D eigenvalue weighted by molar-refractivity contribution is -0.132. The third-order valence-corrected chi connectivity index (χ3v) is 2.84. The molecule has 1 N–H and O–H groups in total. The van der Waals surface area contributed by atoms with Crippen LogP contribution in [-0.4, -0.2) is 25.7 Å². The molecular formula is C13H16ClNO4. The molecule has 0 fully saturated rings. The summed E-state index contributed by atoms with van der Waals surface area (Å²) in [5.74, 6) is 0.907. The summed E-state index contributed by atoms with van der Waals surface area (Å²) < 4.78 is 11.1. The van der Waals surface area contributed by atoms with Gasteiger partial charge in [0.25, 0.3) is 0 Å². The molecule has 1 aliphatic heterocycles. The van der Waals surface area contributed by atoms with Gasteiger partial charge in [0.2, 0.25) is 5.91 Å². The van der Waals surface area contributed by atoms with E-state index in [2.05, 4.69) is 5.48 Å². The predicted octanol–water partition coefficient (Wildman–Crippen LogP) is 2.11. The lowest BCUT2D eigenvalue weighted by Gasteiger charge is -2.11. The zero-order valence-corrected chi connectivity index (χ0v) is 11.5. The fourth-order valence-corrected chi connectivity index (χ4v) is 2.05. The number of carbonyl (C=O) groups is 1. The van der Waals surface area contributed by atoms with Crippen LogP contribution in [0.4, 0.5) is 0 Å². The average Bonchev–Trinajstić information content (AvgIpc) is 2.62. The first-order chi connectivity index (χ1) is 9.20. The molecule has 1 aromatic rings. The molecule has 0 saturated carbocycles. The molecule has 1 heterocycles. The summed E-state index contributed by atoms with van der Waals surface area (Å²) >= 11 is 6.14. The molecule has 1 aliphatic rings. The van der Waals surface area contributed by atoms with Gasteiger partial charge in [0.1, 0.15) is 0 Å². The third-order valence-electron chi connectivity index (χ3n) is 2.56. The molecule has 1 aromatic carbocycles. The number of nitrogens with one attached hydrogen (secondary N) is 1. The molecule has 19 heavy (non-hydrogen) atoms. The maximum Gasteiger partial charge on any atom is 0.247 e. The smallest absolute Gasteiger partial charge is 0.247 e. The van der Waals surface area contributed by atoms with Crippen LogP contribution < -0.4 is 15.0 Å². The van der Waals surface area contributed by atoms with Gasteiger partial charge in [0, 0.05) is 6.42 Å². The van der Waals surface area contributed by atoms with Crippen molar-refractivity contribution >= 4 is 17.5 Å². The first-order valence-electron chi connectivity index (χ1n) is 6.19. The van der Waals surface area contributed by atoms with Crippen LogP contribution in [0.2, 0.25) is 5.02 Å². The number of fused-ring (bicyclic) bond motifs is 1. The van der Waals surface area contributed by atoms with E-state index in [-0.39, 0.29) is 12.3 Å². The van der Waals surface area contributed by atoms with Crippen LogP contribution in [0.25, 0.3) is 0 Å². The second-order valence-electron chi connectivity index (χ2n) is 4.09. The molecule has 0 bridgehead atoms. The number of ether oxygens (including phenoxy) is 2. The van der Waals surface area contributed by atoms with Crippen LogP contribution in [0.15, 0.2) is 12.1 Å². The van der Waals surface area contributed by atoms with Crippen molar-refractivity contribution < 1.29 is 19.1 Å². The quantitative estimate of drug-likeness (QED) is 0.861. The van der Waals surface area contributed by atoms with Crippen LogP contribution >= 0.6 is 11.6 Å².